The van der Waals surface area contributed by atoms with Gasteiger partial charge in [0.1, 0.15) is 12.4 Å². The molecule has 1 aromatic heterocycles. The van der Waals surface area contributed by atoms with Crippen molar-refractivity contribution in [3.05, 3.63) is 101 Å². The maximum absolute atomic E-state index is 12.3. The van der Waals surface area contributed by atoms with E-state index in [0.717, 1.165) is 27.5 Å². The second-order valence-corrected chi connectivity index (χ2v) is 8.48. The number of carbonyl (C=O) groups is 1. The van der Waals surface area contributed by atoms with Crippen molar-refractivity contribution in [2.24, 2.45) is 5.10 Å². The first-order valence-corrected chi connectivity index (χ1v) is 11.4. The topological polar surface area (TPSA) is 72.8 Å². The lowest BCUT2D eigenvalue weighted by Crippen LogP contribution is -2.15. The summed E-state index contributed by atoms with van der Waals surface area (Å²) in [4.78, 5) is 16.6. The van der Waals surface area contributed by atoms with Crippen LogP contribution in [0.2, 0.25) is 0 Å². The van der Waals surface area contributed by atoms with Crippen LogP contribution in [0.3, 0.4) is 0 Å². The Morgan fingerprint density at radius 1 is 1.03 bits per heavy atom. The average molecular weight is 456 g/mol. The molecular weight excluding hydrogens is 434 g/mol. The molecule has 1 aliphatic carbocycles. The lowest BCUT2D eigenvalue weighted by atomic mass is 9.98. The van der Waals surface area contributed by atoms with Crippen LogP contribution in [-0.4, -0.2) is 24.0 Å². The Hall–Kier alpha value is -3.97. The smallest absolute Gasteiger partial charge is 0.433 e. The van der Waals surface area contributed by atoms with E-state index in [1.165, 1.54) is 22.5 Å². The second-order valence-electron chi connectivity index (χ2n) is 7.62. The number of nitrogens with zero attached hydrogens (tertiary/aromatic N) is 2. The zero-order valence-corrected chi connectivity index (χ0v) is 18.7. The van der Waals surface area contributed by atoms with E-state index in [1.807, 2.05) is 48.7 Å². The third-order valence-electron chi connectivity index (χ3n) is 5.40. The minimum atomic E-state index is -0.723. The molecule has 1 N–H and O–H groups in total. The number of aromatic nitrogens is 1. The van der Waals surface area contributed by atoms with Gasteiger partial charge in [-0.15, -0.1) is 11.3 Å². The van der Waals surface area contributed by atoms with E-state index in [0.29, 0.717) is 5.75 Å². The van der Waals surface area contributed by atoms with E-state index in [2.05, 4.69) is 39.8 Å². The predicted octanol–water partition coefficient (Wildman–Crippen LogP) is 6.23. The molecule has 7 heteroatoms. The molecule has 33 heavy (non-hydrogen) atoms. The number of anilines is 1. The summed E-state index contributed by atoms with van der Waals surface area (Å²) in [7, 11) is 0. The van der Waals surface area contributed by atoms with Gasteiger partial charge in [-0.3, -0.25) is 5.43 Å². The lowest BCUT2D eigenvalue weighted by molar-refractivity contribution is 0.0965. The van der Waals surface area contributed by atoms with Crippen molar-refractivity contribution in [2.45, 2.75) is 12.8 Å². The first-order valence-electron chi connectivity index (χ1n) is 10.5. The summed E-state index contributed by atoms with van der Waals surface area (Å²) in [6, 6.07) is 23.5. The molecule has 0 fully saturated rings. The van der Waals surface area contributed by atoms with Gasteiger partial charge in [0.05, 0.1) is 11.9 Å². The molecule has 0 saturated heterocycles. The number of benzene rings is 3. The fourth-order valence-corrected chi connectivity index (χ4v) is 4.54. The van der Waals surface area contributed by atoms with Crippen molar-refractivity contribution in [1.82, 2.24) is 4.98 Å². The van der Waals surface area contributed by atoms with E-state index in [4.69, 9.17) is 9.47 Å². The standard InChI is InChI=1S/C26H21N3O3S/c1-17-16-33-25(28-17)29-27-14-18-10-12-19(13-11-18)32-26(30)31-15-24-22-8-4-2-6-20(22)21-7-3-5-9-23(21)24/h2-14,16,24H,15H2,1H3,(H,28,29). The number of rotatable bonds is 6. The highest BCUT2D eigenvalue weighted by atomic mass is 32.1. The second kappa shape index (κ2) is 9.26. The molecule has 6 nitrogen and oxygen atoms in total. The summed E-state index contributed by atoms with van der Waals surface area (Å²) in [5.74, 6) is 0.408. The van der Waals surface area contributed by atoms with Gasteiger partial charge in [0.25, 0.3) is 0 Å². The first-order chi connectivity index (χ1) is 16.2. The summed E-state index contributed by atoms with van der Waals surface area (Å²) in [5.41, 5.74) is 9.40. The Bertz CT molecular complexity index is 1270. The van der Waals surface area contributed by atoms with Gasteiger partial charge in [-0.2, -0.15) is 5.10 Å². The number of carbonyl (C=O) groups excluding carboxylic acids is 1. The van der Waals surface area contributed by atoms with Crippen LogP contribution in [0.4, 0.5) is 9.93 Å². The summed E-state index contributed by atoms with van der Waals surface area (Å²) < 4.78 is 10.8. The number of hydrazone groups is 1. The van der Waals surface area contributed by atoms with Gasteiger partial charge in [-0.05, 0) is 59.0 Å². The Morgan fingerprint density at radius 2 is 1.70 bits per heavy atom. The van der Waals surface area contributed by atoms with E-state index in [1.54, 1.807) is 18.3 Å². The van der Waals surface area contributed by atoms with Crippen molar-refractivity contribution in [1.29, 1.82) is 0 Å². The number of hydrogen-bond acceptors (Lipinski definition) is 7. The Kier molecular flexibility index (Phi) is 5.87. The molecule has 0 saturated carbocycles. The normalized spacial score (nSPS) is 12.4. The van der Waals surface area contributed by atoms with Crippen LogP contribution in [0.25, 0.3) is 11.1 Å². The summed E-state index contributed by atoms with van der Waals surface area (Å²) in [6.45, 7) is 2.15. The van der Waals surface area contributed by atoms with E-state index >= 15 is 0 Å². The van der Waals surface area contributed by atoms with Crippen LogP contribution in [0.1, 0.15) is 28.3 Å². The third-order valence-corrected chi connectivity index (χ3v) is 6.27. The Balaban J connectivity index is 1.17. The lowest BCUT2D eigenvalue weighted by Gasteiger charge is -2.14. The molecule has 0 atom stereocenters. The van der Waals surface area contributed by atoms with Crippen molar-refractivity contribution in [2.75, 3.05) is 12.0 Å². The Morgan fingerprint density at radius 3 is 2.33 bits per heavy atom. The Labute approximate surface area is 195 Å². The van der Waals surface area contributed by atoms with Gasteiger partial charge in [0.15, 0.2) is 0 Å². The number of thiazole rings is 1. The van der Waals surface area contributed by atoms with Crippen LogP contribution < -0.4 is 10.2 Å². The van der Waals surface area contributed by atoms with E-state index < -0.39 is 6.16 Å². The SMILES string of the molecule is Cc1csc(NN=Cc2ccc(OC(=O)OCC3c4ccccc4-c4ccccc43)cc2)n1. The quantitative estimate of drug-likeness (QED) is 0.162. The van der Waals surface area contributed by atoms with Gasteiger partial charge >= 0.3 is 6.16 Å². The maximum atomic E-state index is 12.3. The first kappa shape index (κ1) is 20.9. The third kappa shape index (κ3) is 4.63. The molecule has 0 unspecified atom stereocenters. The van der Waals surface area contributed by atoms with Crippen LogP contribution >= 0.6 is 11.3 Å². The maximum Gasteiger partial charge on any atom is 0.513 e. The predicted molar refractivity (Wildman–Crippen MR) is 130 cm³/mol. The van der Waals surface area contributed by atoms with Crippen LogP contribution in [0, 0.1) is 6.92 Å². The molecule has 5 rings (SSSR count). The molecule has 1 aliphatic rings. The zero-order valence-electron chi connectivity index (χ0n) is 17.9. The summed E-state index contributed by atoms with van der Waals surface area (Å²) in [5, 5.41) is 6.85. The van der Waals surface area contributed by atoms with Gasteiger partial charge < -0.3 is 9.47 Å². The number of aryl methyl sites for hydroxylation is 1. The molecule has 0 bridgehead atoms. The highest BCUT2D eigenvalue weighted by Crippen LogP contribution is 2.44. The molecular formula is C26H21N3O3S. The fourth-order valence-electron chi connectivity index (χ4n) is 3.91. The molecule has 1 heterocycles. The van der Waals surface area contributed by atoms with Crippen molar-refractivity contribution < 1.29 is 14.3 Å². The molecule has 0 spiro atoms. The molecule has 4 aromatic rings. The number of fused-ring (bicyclic) bond motifs is 3. The van der Waals surface area contributed by atoms with E-state index in [9.17, 15) is 4.79 Å². The molecule has 3 aromatic carbocycles. The van der Waals surface area contributed by atoms with Gasteiger partial charge in [0, 0.05) is 11.3 Å². The molecule has 0 amide bonds. The van der Waals surface area contributed by atoms with Gasteiger partial charge in [-0.25, -0.2) is 9.78 Å². The van der Waals surface area contributed by atoms with Crippen molar-refractivity contribution in [3.8, 4) is 16.9 Å². The molecule has 0 aliphatic heterocycles. The summed E-state index contributed by atoms with van der Waals surface area (Å²) in [6.07, 6.45) is 0.951. The number of ether oxygens (including phenoxy) is 2. The molecule has 0 radical (unpaired) electrons. The minimum Gasteiger partial charge on any atom is -0.433 e. The number of nitrogens with one attached hydrogen (secondary N) is 1. The van der Waals surface area contributed by atoms with Crippen molar-refractivity contribution >= 4 is 28.8 Å². The van der Waals surface area contributed by atoms with Crippen molar-refractivity contribution in [3.63, 3.8) is 0 Å². The monoisotopic (exact) mass is 455 g/mol. The van der Waals surface area contributed by atoms with E-state index in [-0.39, 0.29) is 12.5 Å². The fraction of sp³-hybridized carbons (Fsp3) is 0.115. The number of hydrogen-bond donors (Lipinski definition) is 1. The van der Waals surface area contributed by atoms with Crippen LogP contribution in [0.5, 0.6) is 5.75 Å². The van der Waals surface area contributed by atoms with Gasteiger partial charge in [0.2, 0.25) is 5.13 Å². The minimum absolute atomic E-state index is 0.00217. The largest absolute Gasteiger partial charge is 0.513 e. The average Bonchev–Trinajstić information content (AvgIpc) is 3.40. The highest BCUT2D eigenvalue weighted by Gasteiger charge is 2.29. The van der Waals surface area contributed by atoms with Gasteiger partial charge in [-0.1, -0.05) is 48.5 Å². The molecule has 164 valence electrons. The van der Waals surface area contributed by atoms with Crippen LogP contribution in [-0.2, 0) is 4.74 Å². The van der Waals surface area contributed by atoms with Crippen LogP contribution in [0.15, 0.2) is 83.3 Å². The highest BCUT2D eigenvalue weighted by molar-refractivity contribution is 7.13. The summed E-state index contributed by atoms with van der Waals surface area (Å²) >= 11 is 1.49. The zero-order chi connectivity index (χ0) is 22.6.